The molecule has 4 nitrogen and oxygen atoms in total. The number of aryl methyl sites for hydroxylation is 1. The molecule has 0 saturated carbocycles. The van der Waals surface area contributed by atoms with E-state index in [1.54, 1.807) is 0 Å². The summed E-state index contributed by atoms with van der Waals surface area (Å²) < 4.78 is 1.93. The van der Waals surface area contributed by atoms with Gasteiger partial charge in [-0.05, 0) is 42.7 Å². The number of hydrogen-bond acceptors (Lipinski definition) is 3. The van der Waals surface area contributed by atoms with Crippen molar-refractivity contribution >= 4 is 17.2 Å². The average Bonchev–Trinajstić information content (AvgIpc) is 2.85. The number of nitrogens with two attached hydrogens (primary N) is 1. The predicted molar refractivity (Wildman–Crippen MR) is 86.6 cm³/mol. The zero-order valence-electron chi connectivity index (χ0n) is 12.1. The normalized spacial score (nSPS) is 14.4. The molecule has 1 aliphatic rings. The van der Waals surface area contributed by atoms with Crippen LogP contribution in [0.2, 0.25) is 0 Å². The molecular weight excluding hydrogens is 260 g/mol. The van der Waals surface area contributed by atoms with Crippen molar-refractivity contribution in [1.29, 1.82) is 0 Å². The summed E-state index contributed by atoms with van der Waals surface area (Å²) in [5.41, 5.74) is 11.8. The molecule has 0 radical (unpaired) electrons. The zero-order valence-corrected chi connectivity index (χ0v) is 12.1. The van der Waals surface area contributed by atoms with Crippen LogP contribution in [0.25, 0.3) is 16.9 Å². The van der Waals surface area contributed by atoms with Crippen molar-refractivity contribution in [2.24, 2.45) is 0 Å². The van der Waals surface area contributed by atoms with Crippen LogP contribution in [0.1, 0.15) is 12.0 Å². The van der Waals surface area contributed by atoms with Gasteiger partial charge in [-0.2, -0.15) is 0 Å². The van der Waals surface area contributed by atoms with Gasteiger partial charge in [-0.1, -0.05) is 12.1 Å². The van der Waals surface area contributed by atoms with Crippen molar-refractivity contribution in [2.45, 2.75) is 12.8 Å². The quantitative estimate of drug-likeness (QED) is 0.744. The van der Waals surface area contributed by atoms with Gasteiger partial charge in [0, 0.05) is 31.0 Å². The van der Waals surface area contributed by atoms with Crippen molar-refractivity contribution < 1.29 is 0 Å². The fourth-order valence-electron chi connectivity index (χ4n) is 3.16. The van der Waals surface area contributed by atoms with Gasteiger partial charge in [0.25, 0.3) is 0 Å². The minimum atomic E-state index is 0.703. The lowest BCUT2D eigenvalue weighted by Crippen LogP contribution is -2.24. The summed E-state index contributed by atoms with van der Waals surface area (Å²) in [4.78, 5) is 6.99. The molecule has 106 valence electrons. The highest BCUT2D eigenvalue weighted by atomic mass is 15.1. The Bertz CT molecular complexity index is 819. The van der Waals surface area contributed by atoms with E-state index in [0.29, 0.717) is 5.82 Å². The molecule has 0 saturated heterocycles. The SMILES string of the molecule is CN1CCCc2cc(-c3nc4ccccn4c3N)ccc21. The Balaban J connectivity index is 1.87. The second-order valence-electron chi connectivity index (χ2n) is 5.64. The maximum Gasteiger partial charge on any atom is 0.139 e. The molecule has 1 aromatic carbocycles. The number of benzene rings is 1. The Morgan fingerprint density at radius 1 is 1.19 bits per heavy atom. The number of pyridine rings is 1. The van der Waals surface area contributed by atoms with Crippen LogP contribution < -0.4 is 10.6 Å². The van der Waals surface area contributed by atoms with Crippen molar-refractivity contribution in [1.82, 2.24) is 9.38 Å². The van der Waals surface area contributed by atoms with E-state index >= 15 is 0 Å². The van der Waals surface area contributed by atoms with Crippen LogP contribution in [0.5, 0.6) is 0 Å². The summed E-state index contributed by atoms with van der Waals surface area (Å²) >= 11 is 0. The molecule has 3 aromatic rings. The first-order valence-corrected chi connectivity index (χ1v) is 7.31. The largest absolute Gasteiger partial charge is 0.383 e. The summed E-state index contributed by atoms with van der Waals surface area (Å²) in [5.74, 6) is 0.703. The van der Waals surface area contributed by atoms with Gasteiger partial charge in [0.05, 0.1) is 0 Å². The summed E-state index contributed by atoms with van der Waals surface area (Å²) in [6.45, 7) is 1.13. The molecule has 0 fully saturated rings. The lowest BCUT2D eigenvalue weighted by Gasteiger charge is -2.27. The molecule has 1 aliphatic heterocycles. The highest BCUT2D eigenvalue weighted by Crippen LogP contribution is 2.33. The van der Waals surface area contributed by atoms with Gasteiger partial charge in [-0.3, -0.25) is 4.40 Å². The van der Waals surface area contributed by atoms with Crippen LogP contribution in [0.3, 0.4) is 0 Å². The van der Waals surface area contributed by atoms with Crippen LogP contribution in [-0.2, 0) is 6.42 Å². The van der Waals surface area contributed by atoms with E-state index in [0.717, 1.165) is 29.9 Å². The average molecular weight is 278 g/mol. The fourth-order valence-corrected chi connectivity index (χ4v) is 3.16. The third kappa shape index (κ3) is 1.87. The van der Waals surface area contributed by atoms with Gasteiger partial charge in [0.1, 0.15) is 17.2 Å². The topological polar surface area (TPSA) is 46.6 Å². The molecule has 2 aromatic heterocycles. The highest BCUT2D eigenvalue weighted by Gasteiger charge is 2.16. The molecule has 3 heterocycles. The number of aromatic nitrogens is 2. The minimum Gasteiger partial charge on any atom is -0.383 e. The number of imidazole rings is 1. The molecule has 0 atom stereocenters. The van der Waals surface area contributed by atoms with Gasteiger partial charge < -0.3 is 10.6 Å². The van der Waals surface area contributed by atoms with Crippen LogP contribution in [0, 0.1) is 0 Å². The highest BCUT2D eigenvalue weighted by molar-refractivity contribution is 5.77. The van der Waals surface area contributed by atoms with Crippen LogP contribution in [-0.4, -0.2) is 23.0 Å². The number of anilines is 2. The Labute approximate surface area is 123 Å². The Kier molecular flexibility index (Phi) is 2.64. The Hall–Kier alpha value is -2.49. The summed E-state index contributed by atoms with van der Waals surface area (Å²) in [7, 11) is 2.15. The first-order chi connectivity index (χ1) is 10.2. The minimum absolute atomic E-state index is 0.703. The van der Waals surface area contributed by atoms with Gasteiger partial charge in [0.2, 0.25) is 0 Å². The summed E-state index contributed by atoms with van der Waals surface area (Å²) in [5, 5.41) is 0. The van der Waals surface area contributed by atoms with Gasteiger partial charge in [-0.25, -0.2) is 4.98 Å². The molecule has 0 amide bonds. The Morgan fingerprint density at radius 3 is 2.95 bits per heavy atom. The van der Waals surface area contributed by atoms with Crippen molar-refractivity contribution in [3.63, 3.8) is 0 Å². The first kappa shape index (κ1) is 12.3. The molecule has 0 bridgehead atoms. The lowest BCUT2D eigenvalue weighted by atomic mass is 9.98. The second-order valence-corrected chi connectivity index (χ2v) is 5.64. The number of nitrogens with zero attached hydrogens (tertiary/aromatic N) is 3. The van der Waals surface area contributed by atoms with E-state index in [1.807, 2.05) is 28.8 Å². The first-order valence-electron chi connectivity index (χ1n) is 7.31. The van der Waals surface area contributed by atoms with Gasteiger partial charge in [-0.15, -0.1) is 0 Å². The fraction of sp³-hybridized carbons (Fsp3) is 0.235. The van der Waals surface area contributed by atoms with E-state index in [2.05, 4.69) is 35.1 Å². The standard InChI is InChI=1S/C17H18N4/c1-20-9-4-5-12-11-13(7-8-14(12)20)16-17(18)21-10-3-2-6-15(21)19-16/h2-3,6-8,10-11H,4-5,9,18H2,1H3. The van der Waals surface area contributed by atoms with Gasteiger partial charge >= 0.3 is 0 Å². The van der Waals surface area contributed by atoms with E-state index in [9.17, 15) is 0 Å². The predicted octanol–water partition coefficient (Wildman–Crippen LogP) is 2.97. The molecular formula is C17H18N4. The van der Waals surface area contributed by atoms with E-state index in [-0.39, 0.29) is 0 Å². The van der Waals surface area contributed by atoms with E-state index < -0.39 is 0 Å². The second kappa shape index (κ2) is 4.52. The molecule has 0 unspecified atom stereocenters. The van der Waals surface area contributed by atoms with Crippen LogP contribution in [0.4, 0.5) is 11.5 Å². The van der Waals surface area contributed by atoms with Crippen molar-refractivity contribution in [3.8, 4) is 11.3 Å². The maximum atomic E-state index is 6.26. The number of rotatable bonds is 1. The van der Waals surface area contributed by atoms with Crippen LogP contribution in [0.15, 0.2) is 42.6 Å². The number of hydrogen-bond donors (Lipinski definition) is 1. The maximum absolute atomic E-state index is 6.26. The number of fused-ring (bicyclic) bond motifs is 2. The zero-order chi connectivity index (χ0) is 14.4. The van der Waals surface area contributed by atoms with Crippen LogP contribution >= 0.6 is 0 Å². The summed E-state index contributed by atoms with van der Waals surface area (Å²) in [6, 6.07) is 12.5. The monoisotopic (exact) mass is 278 g/mol. The molecule has 21 heavy (non-hydrogen) atoms. The molecule has 0 spiro atoms. The smallest absolute Gasteiger partial charge is 0.139 e. The lowest BCUT2D eigenvalue weighted by molar-refractivity contribution is 0.745. The molecule has 4 rings (SSSR count). The third-order valence-electron chi connectivity index (χ3n) is 4.27. The third-order valence-corrected chi connectivity index (χ3v) is 4.27. The Morgan fingerprint density at radius 2 is 2.10 bits per heavy atom. The molecule has 4 heteroatoms. The number of nitrogen functional groups attached to an aromatic ring is 1. The van der Waals surface area contributed by atoms with Crippen molar-refractivity contribution in [3.05, 3.63) is 48.2 Å². The van der Waals surface area contributed by atoms with E-state index in [4.69, 9.17) is 5.73 Å². The molecule has 0 aliphatic carbocycles. The van der Waals surface area contributed by atoms with Crippen molar-refractivity contribution in [2.75, 3.05) is 24.2 Å². The summed E-state index contributed by atoms with van der Waals surface area (Å²) in [6.07, 6.45) is 4.28. The van der Waals surface area contributed by atoms with Gasteiger partial charge in [0.15, 0.2) is 0 Å². The molecule has 2 N–H and O–H groups in total. The van der Waals surface area contributed by atoms with E-state index in [1.165, 1.54) is 17.7 Å².